The minimum absolute atomic E-state index is 0.322. The van der Waals surface area contributed by atoms with Crippen molar-refractivity contribution in [3.8, 4) is 0 Å². The summed E-state index contributed by atoms with van der Waals surface area (Å²) in [6, 6.07) is 16.7. The van der Waals surface area contributed by atoms with Crippen LogP contribution in [0.5, 0.6) is 0 Å². The normalized spacial score (nSPS) is 16.6. The van der Waals surface area contributed by atoms with Crippen LogP contribution >= 0.6 is 0 Å². The van der Waals surface area contributed by atoms with Gasteiger partial charge >= 0.3 is 0 Å². The summed E-state index contributed by atoms with van der Waals surface area (Å²) in [5, 5.41) is 3.23. The van der Waals surface area contributed by atoms with Crippen molar-refractivity contribution in [2.24, 2.45) is 4.99 Å². The van der Waals surface area contributed by atoms with Gasteiger partial charge in [0.15, 0.2) is 0 Å². The van der Waals surface area contributed by atoms with Gasteiger partial charge in [0.1, 0.15) is 5.84 Å². The first-order valence-corrected chi connectivity index (χ1v) is 9.95. The third-order valence-electron chi connectivity index (χ3n) is 4.32. The van der Waals surface area contributed by atoms with Gasteiger partial charge in [-0.2, -0.15) is 4.31 Å². The van der Waals surface area contributed by atoms with E-state index in [0.29, 0.717) is 29.5 Å². The Morgan fingerprint density at radius 1 is 1.00 bits per heavy atom. The molecule has 0 unspecified atom stereocenters. The molecular weight excluding hydrogens is 334 g/mol. The van der Waals surface area contributed by atoms with Gasteiger partial charge in [-0.05, 0) is 31.0 Å². The van der Waals surface area contributed by atoms with Crippen molar-refractivity contribution in [3.63, 3.8) is 0 Å². The molecule has 0 aromatic heterocycles. The first-order valence-electron chi connectivity index (χ1n) is 8.51. The quantitative estimate of drug-likeness (QED) is 0.674. The molecule has 2 aromatic carbocycles. The van der Waals surface area contributed by atoms with Crippen molar-refractivity contribution in [3.05, 3.63) is 60.2 Å². The van der Waals surface area contributed by atoms with Gasteiger partial charge < -0.3 is 5.32 Å². The molecule has 1 fully saturated rings. The molecule has 1 heterocycles. The number of nitrogens with one attached hydrogen (secondary N) is 1. The number of aliphatic imine (C=N–C) groups is 1. The Morgan fingerprint density at radius 3 is 2.40 bits per heavy atom. The fraction of sp³-hybridized carbons (Fsp3) is 0.316. The highest BCUT2D eigenvalue weighted by Crippen LogP contribution is 2.23. The summed E-state index contributed by atoms with van der Waals surface area (Å²) in [6.45, 7) is 1.21. The van der Waals surface area contributed by atoms with E-state index in [-0.39, 0.29) is 0 Å². The Hall–Kier alpha value is -2.18. The summed E-state index contributed by atoms with van der Waals surface area (Å²) in [6.07, 6.45) is 2.96. The lowest BCUT2D eigenvalue weighted by Gasteiger charge is -2.26. The van der Waals surface area contributed by atoms with E-state index >= 15 is 0 Å². The number of amidine groups is 1. The van der Waals surface area contributed by atoms with Crippen molar-refractivity contribution in [2.45, 2.75) is 24.2 Å². The molecule has 0 radical (unpaired) electrons. The zero-order chi connectivity index (χ0) is 17.7. The van der Waals surface area contributed by atoms with Crippen LogP contribution in [0.1, 0.15) is 24.8 Å². The van der Waals surface area contributed by atoms with E-state index in [4.69, 9.17) is 0 Å². The number of anilines is 1. The maximum absolute atomic E-state index is 12.8. The van der Waals surface area contributed by atoms with Crippen LogP contribution in [0.2, 0.25) is 0 Å². The number of rotatable bonds is 4. The average molecular weight is 357 g/mol. The Bertz CT molecular complexity index is 842. The number of nitrogens with zero attached hydrogens (tertiary/aromatic N) is 2. The monoisotopic (exact) mass is 357 g/mol. The lowest BCUT2D eigenvalue weighted by atomic mass is 10.2. The third-order valence-corrected chi connectivity index (χ3v) is 6.22. The number of hydrogen-bond donors (Lipinski definition) is 1. The summed E-state index contributed by atoms with van der Waals surface area (Å²) in [5.74, 6) is 0.702. The lowest BCUT2D eigenvalue weighted by Crippen LogP contribution is -2.35. The Kier molecular flexibility index (Phi) is 5.50. The average Bonchev–Trinajstić information content (AvgIpc) is 2.67. The molecule has 0 bridgehead atoms. The van der Waals surface area contributed by atoms with Crippen molar-refractivity contribution < 1.29 is 8.42 Å². The summed E-state index contributed by atoms with van der Waals surface area (Å²) in [7, 11) is -1.73. The molecule has 0 atom stereocenters. The van der Waals surface area contributed by atoms with Gasteiger partial charge in [-0.15, -0.1) is 0 Å². The predicted molar refractivity (Wildman–Crippen MR) is 102 cm³/mol. The maximum Gasteiger partial charge on any atom is 0.243 e. The second-order valence-electron chi connectivity index (χ2n) is 6.06. The second kappa shape index (κ2) is 7.80. The molecule has 3 rings (SSSR count). The molecule has 1 saturated heterocycles. The zero-order valence-corrected chi connectivity index (χ0v) is 15.2. The van der Waals surface area contributed by atoms with Gasteiger partial charge in [0.05, 0.1) is 4.90 Å². The first kappa shape index (κ1) is 17.6. The van der Waals surface area contributed by atoms with Crippen molar-refractivity contribution in [2.75, 3.05) is 25.5 Å². The van der Waals surface area contributed by atoms with E-state index < -0.39 is 10.0 Å². The lowest BCUT2D eigenvalue weighted by molar-refractivity contribution is 0.346. The zero-order valence-electron chi connectivity index (χ0n) is 14.4. The van der Waals surface area contributed by atoms with Crippen LogP contribution in [0.3, 0.4) is 0 Å². The van der Waals surface area contributed by atoms with E-state index in [1.54, 1.807) is 29.6 Å². The summed E-state index contributed by atoms with van der Waals surface area (Å²) >= 11 is 0. The van der Waals surface area contributed by atoms with E-state index in [2.05, 4.69) is 10.3 Å². The molecule has 5 nitrogen and oxygen atoms in total. The maximum atomic E-state index is 12.8. The third kappa shape index (κ3) is 4.08. The molecule has 1 N–H and O–H groups in total. The molecule has 132 valence electrons. The van der Waals surface area contributed by atoms with Gasteiger partial charge in [0.25, 0.3) is 0 Å². The number of hydrogen-bond acceptors (Lipinski definition) is 3. The van der Waals surface area contributed by atoms with E-state index in [1.165, 1.54) is 0 Å². The Balaban J connectivity index is 1.84. The molecule has 0 amide bonds. The van der Waals surface area contributed by atoms with Crippen LogP contribution in [0, 0.1) is 0 Å². The fourth-order valence-electron chi connectivity index (χ4n) is 2.98. The minimum Gasteiger partial charge on any atom is -0.340 e. The van der Waals surface area contributed by atoms with Gasteiger partial charge in [-0.3, -0.25) is 4.99 Å². The molecule has 1 aliphatic heterocycles. The molecule has 0 spiro atoms. The summed E-state index contributed by atoms with van der Waals surface area (Å²) in [5.41, 5.74) is 1.66. The molecular formula is C19H23N3O2S. The van der Waals surface area contributed by atoms with Crippen molar-refractivity contribution in [1.82, 2.24) is 4.31 Å². The highest BCUT2D eigenvalue weighted by atomic mass is 32.2. The van der Waals surface area contributed by atoms with Gasteiger partial charge in [-0.25, -0.2) is 8.42 Å². The number of piperidine rings is 1. The highest BCUT2D eigenvalue weighted by molar-refractivity contribution is 7.89. The fourth-order valence-corrected chi connectivity index (χ4v) is 4.54. The van der Waals surface area contributed by atoms with Crippen LogP contribution in [0.4, 0.5) is 5.69 Å². The number of sulfonamides is 1. The van der Waals surface area contributed by atoms with E-state index in [0.717, 1.165) is 24.8 Å². The van der Waals surface area contributed by atoms with Crippen LogP contribution in [-0.2, 0) is 10.0 Å². The SMILES string of the molecule is CN=C(Nc1cccc(S(=O)(=O)N2CCCCC2)c1)c1ccccc1. The molecule has 6 heteroatoms. The van der Waals surface area contributed by atoms with E-state index in [9.17, 15) is 8.42 Å². The van der Waals surface area contributed by atoms with Crippen molar-refractivity contribution >= 4 is 21.5 Å². The number of benzene rings is 2. The molecule has 2 aromatic rings. The summed E-state index contributed by atoms with van der Waals surface area (Å²) < 4.78 is 27.3. The highest BCUT2D eigenvalue weighted by Gasteiger charge is 2.26. The first-order chi connectivity index (χ1) is 12.1. The minimum atomic E-state index is -3.44. The molecule has 0 aliphatic carbocycles. The van der Waals surface area contributed by atoms with Crippen molar-refractivity contribution in [1.29, 1.82) is 0 Å². The summed E-state index contributed by atoms with van der Waals surface area (Å²) in [4.78, 5) is 4.60. The second-order valence-corrected chi connectivity index (χ2v) is 7.99. The van der Waals surface area contributed by atoms with Gasteiger partial charge in [0.2, 0.25) is 10.0 Å². The standard InChI is InChI=1S/C19H23N3O2S/c1-20-19(16-9-4-2-5-10-16)21-17-11-8-12-18(15-17)25(23,24)22-13-6-3-7-14-22/h2,4-5,8-12,15H,3,6-7,13-14H2,1H3,(H,20,21). The Labute approximate surface area is 149 Å². The van der Waals surface area contributed by atoms with Crippen LogP contribution in [-0.4, -0.2) is 38.7 Å². The van der Waals surface area contributed by atoms with Gasteiger partial charge in [-0.1, -0.05) is 42.8 Å². The van der Waals surface area contributed by atoms with E-state index in [1.807, 2.05) is 36.4 Å². The molecule has 1 aliphatic rings. The van der Waals surface area contributed by atoms with Crippen LogP contribution in [0.15, 0.2) is 64.5 Å². The molecule has 25 heavy (non-hydrogen) atoms. The van der Waals surface area contributed by atoms with Crippen LogP contribution in [0.25, 0.3) is 0 Å². The topological polar surface area (TPSA) is 61.8 Å². The Morgan fingerprint density at radius 2 is 1.72 bits per heavy atom. The smallest absolute Gasteiger partial charge is 0.243 e. The largest absolute Gasteiger partial charge is 0.340 e. The van der Waals surface area contributed by atoms with Crippen LogP contribution < -0.4 is 5.32 Å². The predicted octanol–water partition coefficient (Wildman–Crippen LogP) is 3.35. The van der Waals surface area contributed by atoms with Gasteiger partial charge in [0, 0.05) is 31.4 Å². The molecule has 0 saturated carbocycles.